The van der Waals surface area contributed by atoms with Crippen molar-refractivity contribution in [3.8, 4) is 34.1 Å². The Labute approximate surface area is 176 Å². The Morgan fingerprint density at radius 3 is 1.97 bits per heavy atom. The molecule has 0 aliphatic heterocycles. The van der Waals surface area contributed by atoms with E-state index in [0.29, 0.717) is 23.0 Å². The van der Waals surface area contributed by atoms with Gasteiger partial charge < -0.3 is 23.8 Å². The molecule has 158 valence electrons. The average molecular weight is 409 g/mol. The number of hydrogen-bond donors (Lipinski definition) is 0. The molecule has 0 spiro atoms. The van der Waals surface area contributed by atoms with Crippen LogP contribution in [0.4, 0.5) is 0 Å². The molecule has 0 saturated heterocycles. The lowest BCUT2D eigenvalue weighted by Crippen LogP contribution is -2.35. The predicted octanol–water partition coefficient (Wildman–Crippen LogP) is 4.39. The quantitative estimate of drug-likeness (QED) is 0.579. The molecule has 0 heterocycles. The van der Waals surface area contributed by atoms with Crippen LogP contribution in [0.15, 0.2) is 48.5 Å². The Kier molecular flexibility index (Phi) is 6.35. The maximum Gasteiger partial charge on any atom is 0.262 e. The number of amides is 1. The van der Waals surface area contributed by atoms with Crippen molar-refractivity contribution in [1.82, 2.24) is 4.90 Å². The number of nitrogens with zero attached hydrogens (tertiary/aromatic N) is 1. The van der Waals surface area contributed by atoms with E-state index < -0.39 is 6.10 Å². The van der Waals surface area contributed by atoms with Crippen LogP contribution in [-0.2, 0) is 4.79 Å². The zero-order chi connectivity index (χ0) is 21.8. The average Bonchev–Trinajstić information content (AvgIpc) is 2.77. The molecule has 0 saturated carbocycles. The molecule has 3 aromatic carbocycles. The van der Waals surface area contributed by atoms with E-state index in [1.165, 1.54) is 4.90 Å². The number of fused-ring (bicyclic) bond motifs is 1. The standard InChI is InChI=1S/C24H27NO5/c1-15(24(26)25(2)3)30-20-12-11-17(18-9-7-8-10-19(18)20)16-13-21(27-4)23(29-6)22(14-16)28-5/h7-15H,1-6H3. The molecule has 0 aliphatic rings. The molecule has 0 radical (unpaired) electrons. The highest BCUT2D eigenvalue weighted by Crippen LogP contribution is 2.43. The zero-order valence-corrected chi connectivity index (χ0v) is 18.2. The fourth-order valence-corrected chi connectivity index (χ4v) is 3.47. The van der Waals surface area contributed by atoms with Gasteiger partial charge in [0.05, 0.1) is 21.3 Å². The summed E-state index contributed by atoms with van der Waals surface area (Å²) < 4.78 is 22.5. The number of carbonyl (C=O) groups is 1. The Morgan fingerprint density at radius 1 is 0.833 bits per heavy atom. The third-order valence-corrected chi connectivity index (χ3v) is 4.95. The van der Waals surface area contributed by atoms with Crippen LogP contribution < -0.4 is 18.9 Å². The van der Waals surface area contributed by atoms with E-state index in [1.807, 2.05) is 48.5 Å². The van der Waals surface area contributed by atoms with Crippen LogP contribution in [-0.4, -0.2) is 52.3 Å². The number of rotatable bonds is 7. The Bertz CT molecular complexity index is 1040. The van der Waals surface area contributed by atoms with Gasteiger partial charge in [-0.15, -0.1) is 0 Å². The molecule has 3 rings (SSSR count). The van der Waals surface area contributed by atoms with Crippen LogP contribution in [0.3, 0.4) is 0 Å². The molecule has 0 aliphatic carbocycles. The van der Waals surface area contributed by atoms with Gasteiger partial charge in [-0.05, 0) is 41.6 Å². The van der Waals surface area contributed by atoms with Crippen molar-refractivity contribution in [1.29, 1.82) is 0 Å². The highest BCUT2D eigenvalue weighted by molar-refractivity contribution is 6.00. The van der Waals surface area contributed by atoms with Crippen LogP contribution in [0.5, 0.6) is 23.0 Å². The SMILES string of the molecule is COc1cc(-c2ccc(OC(C)C(=O)N(C)C)c3ccccc23)cc(OC)c1OC. The molecular weight excluding hydrogens is 382 g/mol. The lowest BCUT2D eigenvalue weighted by molar-refractivity contribution is -0.135. The number of ether oxygens (including phenoxy) is 4. The molecule has 0 bridgehead atoms. The molecule has 0 aromatic heterocycles. The second kappa shape index (κ2) is 8.95. The van der Waals surface area contributed by atoms with Crippen LogP contribution in [0, 0.1) is 0 Å². The summed E-state index contributed by atoms with van der Waals surface area (Å²) in [6.45, 7) is 1.75. The molecule has 0 N–H and O–H groups in total. The van der Waals surface area contributed by atoms with Crippen molar-refractivity contribution in [2.24, 2.45) is 0 Å². The molecule has 1 unspecified atom stereocenters. The largest absolute Gasteiger partial charge is 0.493 e. The molecule has 3 aromatic rings. The Morgan fingerprint density at radius 2 is 1.43 bits per heavy atom. The Balaban J connectivity index is 2.13. The molecular formula is C24H27NO5. The number of benzene rings is 3. The number of likely N-dealkylation sites (N-methyl/N-ethyl adjacent to an activating group) is 1. The summed E-state index contributed by atoms with van der Waals surface area (Å²) in [7, 11) is 8.21. The van der Waals surface area contributed by atoms with E-state index >= 15 is 0 Å². The van der Waals surface area contributed by atoms with Gasteiger partial charge in [0.1, 0.15) is 5.75 Å². The van der Waals surface area contributed by atoms with Gasteiger partial charge in [-0.2, -0.15) is 0 Å². The second-order valence-electron chi connectivity index (χ2n) is 7.06. The first kappa shape index (κ1) is 21.3. The van der Waals surface area contributed by atoms with Gasteiger partial charge >= 0.3 is 0 Å². The van der Waals surface area contributed by atoms with Gasteiger partial charge in [0.15, 0.2) is 17.6 Å². The van der Waals surface area contributed by atoms with Crippen molar-refractivity contribution in [2.75, 3.05) is 35.4 Å². The van der Waals surface area contributed by atoms with E-state index in [-0.39, 0.29) is 5.91 Å². The van der Waals surface area contributed by atoms with Gasteiger partial charge in [-0.3, -0.25) is 4.79 Å². The number of methoxy groups -OCH3 is 3. The molecule has 0 fully saturated rings. The van der Waals surface area contributed by atoms with Crippen molar-refractivity contribution in [3.05, 3.63) is 48.5 Å². The summed E-state index contributed by atoms with van der Waals surface area (Å²) in [5, 5.41) is 1.91. The van der Waals surface area contributed by atoms with Crippen LogP contribution in [0.25, 0.3) is 21.9 Å². The maximum absolute atomic E-state index is 12.2. The highest BCUT2D eigenvalue weighted by Gasteiger charge is 2.20. The van der Waals surface area contributed by atoms with Gasteiger partial charge in [0.25, 0.3) is 5.91 Å². The van der Waals surface area contributed by atoms with Gasteiger partial charge in [-0.1, -0.05) is 30.3 Å². The van der Waals surface area contributed by atoms with Gasteiger partial charge in [-0.25, -0.2) is 0 Å². The van der Waals surface area contributed by atoms with Crippen molar-refractivity contribution >= 4 is 16.7 Å². The van der Waals surface area contributed by atoms with Crippen molar-refractivity contribution < 1.29 is 23.7 Å². The van der Waals surface area contributed by atoms with E-state index in [1.54, 1.807) is 42.3 Å². The molecule has 6 nitrogen and oxygen atoms in total. The smallest absolute Gasteiger partial charge is 0.262 e. The fourth-order valence-electron chi connectivity index (χ4n) is 3.47. The fraction of sp³-hybridized carbons (Fsp3) is 0.292. The monoisotopic (exact) mass is 409 g/mol. The minimum atomic E-state index is -0.588. The summed E-state index contributed by atoms with van der Waals surface area (Å²) in [6.07, 6.45) is -0.588. The highest BCUT2D eigenvalue weighted by atomic mass is 16.5. The van der Waals surface area contributed by atoms with Gasteiger partial charge in [0.2, 0.25) is 5.75 Å². The zero-order valence-electron chi connectivity index (χ0n) is 18.2. The lowest BCUT2D eigenvalue weighted by atomic mass is 9.97. The third kappa shape index (κ3) is 3.99. The Hall–Kier alpha value is -3.41. The minimum absolute atomic E-state index is 0.0900. The molecule has 1 amide bonds. The summed E-state index contributed by atoms with van der Waals surface area (Å²) in [5.74, 6) is 2.28. The predicted molar refractivity (Wildman–Crippen MR) is 118 cm³/mol. The lowest BCUT2D eigenvalue weighted by Gasteiger charge is -2.20. The third-order valence-electron chi connectivity index (χ3n) is 4.95. The van der Waals surface area contributed by atoms with Crippen molar-refractivity contribution in [2.45, 2.75) is 13.0 Å². The molecule has 6 heteroatoms. The number of carbonyl (C=O) groups excluding carboxylic acids is 1. The topological polar surface area (TPSA) is 57.2 Å². The summed E-state index contributed by atoms with van der Waals surface area (Å²) >= 11 is 0. The van der Waals surface area contributed by atoms with Crippen LogP contribution in [0.2, 0.25) is 0 Å². The van der Waals surface area contributed by atoms with E-state index in [4.69, 9.17) is 18.9 Å². The minimum Gasteiger partial charge on any atom is -0.493 e. The maximum atomic E-state index is 12.2. The van der Waals surface area contributed by atoms with Crippen LogP contribution >= 0.6 is 0 Å². The van der Waals surface area contributed by atoms with Gasteiger partial charge in [0, 0.05) is 19.5 Å². The summed E-state index contributed by atoms with van der Waals surface area (Å²) in [5.41, 5.74) is 1.91. The van der Waals surface area contributed by atoms with E-state index in [2.05, 4.69) is 0 Å². The molecule has 1 atom stereocenters. The van der Waals surface area contributed by atoms with E-state index in [9.17, 15) is 4.79 Å². The summed E-state index contributed by atoms with van der Waals surface area (Å²) in [4.78, 5) is 13.8. The van der Waals surface area contributed by atoms with Crippen molar-refractivity contribution in [3.63, 3.8) is 0 Å². The first-order valence-corrected chi connectivity index (χ1v) is 9.61. The second-order valence-corrected chi connectivity index (χ2v) is 7.06. The summed E-state index contributed by atoms with van der Waals surface area (Å²) in [6, 6.07) is 15.6. The normalized spacial score (nSPS) is 11.7. The van der Waals surface area contributed by atoms with Crippen LogP contribution in [0.1, 0.15) is 6.92 Å². The molecule has 30 heavy (non-hydrogen) atoms. The first-order chi connectivity index (χ1) is 14.4. The number of hydrogen-bond acceptors (Lipinski definition) is 5. The van der Waals surface area contributed by atoms with E-state index in [0.717, 1.165) is 21.9 Å². The first-order valence-electron chi connectivity index (χ1n) is 9.61.